The largest absolute Gasteiger partial charge is 0.466 e. The van der Waals surface area contributed by atoms with Gasteiger partial charge in [-0.15, -0.1) is 0 Å². The lowest BCUT2D eigenvalue weighted by Gasteiger charge is -2.30. The highest BCUT2D eigenvalue weighted by Gasteiger charge is 2.28. The van der Waals surface area contributed by atoms with Crippen LogP contribution in [0.5, 0.6) is 0 Å². The Hall–Kier alpha value is -1.92. The molecule has 2 heterocycles. The normalized spacial score (nSPS) is 16.4. The summed E-state index contributed by atoms with van der Waals surface area (Å²) in [5.41, 5.74) is 0. The summed E-state index contributed by atoms with van der Waals surface area (Å²) in [6.07, 6.45) is 4.26. The third-order valence-electron chi connectivity index (χ3n) is 3.23. The lowest BCUT2D eigenvalue weighted by Crippen LogP contribution is -2.42. The van der Waals surface area contributed by atoms with Crippen LogP contribution in [0.25, 0.3) is 0 Å². The number of aromatic nitrogens is 3. The molecule has 0 N–H and O–H groups in total. The highest BCUT2D eigenvalue weighted by Crippen LogP contribution is 2.18. The number of amides is 1. The Kier molecular flexibility index (Phi) is 4.48. The fraction of sp³-hybridized carbons (Fsp3) is 0.667. The van der Waals surface area contributed by atoms with E-state index in [0.717, 1.165) is 0 Å². The van der Waals surface area contributed by atoms with E-state index < -0.39 is 0 Å². The second-order valence-corrected chi connectivity index (χ2v) is 4.50. The van der Waals surface area contributed by atoms with Gasteiger partial charge in [-0.25, -0.2) is 9.67 Å². The number of esters is 1. The first kappa shape index (κ1) is 13.5. The molecule has 1 aliphatic rings. The summed E-state index contributed by atoms with van der Waals surface area (Å²) in [6, 6.07) is 0. The van der Waals surface area contributed by atoms with Crippen LogP contribution in [0.1, 0.15) is 19.8 Å². The molecule has 2 rings (SSSR count). The molecule has 1 aromatic heterocycles. The van der Waals surface area contributed by atoms with Gasteiger partial charge in [0.2, 0.25) is 5.91 Å². The topological polar surface area (TPSA) is 77.3 Å². The Morgan fingerprint density at radius 3 is 2.68 bits per heavy atom. The Balaban J connectivity index is 1.79. The Bertz CT molecular complexity index is 424. The highest BCUT2D eigenvalue weighted by molar-refractivity contribution is 5.77. The highest BCUT2D eigenvalue weighted by atomic mass is 16.5. The van der Waals surface area contributed by atoms with E-state index in [2.05, 4.69) is 10.1 Å². The number of ether oxygens (including phenoxy) is 1. The molecule has 0 spiro atoms. The molecule has 19 heavy (non-hydrogen) atoms. The van der Waals surface area contributed by atoms with E-state index in [0.29, 0.717) is 32.5 Å². The Morgan fingerprint density at radius 1 is 1.37 bits per heavy atom. The molecule has 1 saturated heterocycles. The smallest absolute Gasteiger partial charge is 0.309 e. The maximum atomic E-state index is 12.0. The summed E-state index contributed by atoms with van der Waals surface area (Å²) in [5, 5.41) is 3.90. The van der Waals surface area contributed by atoms with Crippen molar-refractivity contribution in [2.75, 3.05) is 19.7 Å². The van der Waals surface area contributed by atoms with Gasteiger partial charge in [0.25, 0.3) is 0 Å². The van der Waals surface area contributed by atoms with Gasteiger partial charge in [-0.05, 0) is 19.8 Å². The molecule has 0 bridgehead atoms. The molecule has 7 nitrogen and oxygen atoms in total. The third-order valence-corrected chi connectivity index (χ3v) is 3.23. The molecule has 0 radical (unpaired) electrons. The second-order valence-electron chi connectivity index (χ2n) is 4.50. The third kappa shape index (κ3) is 3.52. The van der Waals surface area contributed by atoms with E-state index in [4.69, 9.17) is 4.74 Å². The SMILES string of the molecule is CCOC(=O)C1CCN(C(=O)Cn2cncn2)CC1. The van der Waals surface area contributed by atoms with Gasteiger partial charge < -0.3 is 9.64 Å². The van der Waals surface area contributed by atoms with Crippen LogP contribution in [0.3, 0.4) is 0 Å². The van der Waals surface area contributed by atoms with Gasteiger partial charge in [-0.1, -0.05) is 0 Å². The molecule has 0 atom stereocenters. The van der Waals surface area contributed by atoms with Crippen molar-refractivity contribution in [2.45, 2.75) is 26.3 Å². The van der Waals surface area contributed by atoms with Crippen LogP contribution in [-0.4, -0.2) is 51.2 Å². The molecule has 0 aromatic carbocycles. The van der Waals surface area contributed by atoms with Gasteiger partial charge in [-0.3, -0.25) is 9.59 Å². The Morgan fingerprint density at radius 2 is 2.11 bits per heavy atom. The van der Waals surface area contributed by atoms with Gasteiger partial charge in [0, 0.05) is 13.1 Å². The van der Waals surface area contributed by atoms with Crippen molar-refractivity contribution in [3.8, 4) is 0 Å². The number of piperidine rings is 1. The number of carbonyl (C=O) groups excluding carboxylic acids is 2. The molecule has 1 aromatic rings. The number of hydrogen-bond acceptors (Lipinski definition) is 5. The minimum Gasteiger partial charge on any atom is -0.466 e. The first-order valence-corrected chi connectivity index (χ1v) is 6.47. The van der Waals surface area contributed by atoms with Crippen molar-refractivity contribution in [1.29, 1.82) is 0 Å². The van der Waals surface area contributed by atoms with Gasteiger partial charge >= 0.3 is 5.97 Å². The van der Waals surface area contributed by atoms with Crippen LogP contribution in [0.2, 0.25) is 0 Å². The predicted molar refractivity (Wildman–Crippen MR) is 66.0 cm³/mol. The van der Waals surface area contributed by atoms with E-state index in [1.165, 1.54) is 17.3 Å². The minimum absolute atomic E-state index is 0.00723. The first-order chi connectivity index (χ1) is 9.20. The number of likely N-dealkylation sites (tertiary alicyclic amines) is 1. The van der Waals surface area contributed by atoms with Gasteiger partial charge in [0.15, 0.2) is 0 Å². The van der Waals surface area contributed by atoms with Crippen molar-refractivity contribution in [3.05, 3.63) is 12.7 Å². The summed E-state index contributed by atoms with van der Waals surface area (Å²) in [5.74, 6) is -0.214. The average Bonchev–Trinajstić information content (AvgIpc) is 2.92. The quantitative estimate of drug-likeness (QED) is 0.721. The summed E-state index contributed by atoms with van der Waals surface area (Å²) in [4.78, 5) is 29.1. The van der Waals surface area contributed by atoms with Gasteiger partial charge in [0.05, 0.1) is 12.5 Å². The number of rotatable bonds is 4. The van der Waals surface area contributed by atoms with Crippen LogP contribution >= 0.6 is 0 Å². The van der Waals surface area contributed by atoms with Crippen molar-refractivity contribution in [3.63, 3.8) is 0 Å². The van der Waals surface area contributed by atoms with Gasteiger partial charge in [0.1, 0.15) is 19.2 Å². The zero-order valence-corrected chi connectivity index (χ0v) is 11.0. The zero-order chi connectivity index (χ0) is 13.7. The van der Waals surface area contributed by atoms with Crippen LogP contribution < -0.4 is 0 Å². The van der Waals surface area contributed by atoms with E-state index in [1.807, 2.05) is 0 Å². The van der Waals surface area contributed by atoms with E-state index in [-0.39, 0.29) is 24.3 Å². The molecule has 0 unspecified atom stereocenters. The first-order valence-electron chi connectivity index (χ1n) is 6.47. The standard InChI is InChI=1S/C12H18N4O3/c1-2-19-12(18)10-3-5-15(6-4-10)11(17)7-16-9-13-8-14-16/h8-10H,2-7H2,1H3. The predicted octanol–water partition coefficient (Wildman–Crippen LogP) is 0.0798. The van der Waals surface area contributed by atoms with Crippen molar-refractivity contribution in [1.82, 2.24) is 19.7 Å². The summed E-state index contributed by atoms with van der Waals surface area (Å²) < 4.78 is 6.50. The average molecular weight is 266 g/mol. The molecule has 0 aliphatic carbocycles. The Labute approximate surface area is 111 Å². The molecule has 1 aliphatic heterocycles. The number of nitrogens with zero attached hydrogens (tertiary/aromatic N) is 4. The van der Waals surface area contributed by atoms with Crippen molar-refractivity contribution >= 4 is 11.9 Å². The van der Waals surface area contributed by atoms with Crippen LogP contribution in [0, 0.1) is 5.92 Å². The molecule has 1 fully saturated rings. The minimum atomic E-state index is -0.147. The second kappa shape index (κ2) is 6.31. The number of carbonyl (C=O) groups is 2. The molecular weight excluding hydrogens is 248 g/mol. The fourth-order valence-corrected chi connectivity index (χ4v) is 2.18. The number of hydrogen-bond donors (Lipinski definition) is 0. The summed E-state index contributed by atoms with van der Waals surface area (Å²) in [7, 11) is 0. The lowest BCUT2D eigenvalue weighted by atomic mass is 9.97. The molecular formula is C12H18N4O3. The lowest BCUT2D eigenvalue weighted by molar-refractivity contribution is -0.151. The molecule has 0 saturated carbocycles. The van der Waals surface area contributed by atoms with Crippen molar-refractivity contribution in [2.24, 2.45) is 5.92 Å². The molecule has 1 amide bonds. The fourth-order valence-electron chi connectivity index (χ4n) is 2.18. The molecule has 7 heteroatoms. The van der Waals surface area contributed by atoms with Crippen molar-refractivity contribution < 1.29 is 14.3 Å². The maximum Gasteiger partial charge on any atom is 0.309 e. The van der Waals surface area contributed by atoms with Gasteiger partial charge in [-0.2, -0.15) is 5.10 Å². The van der Waals surface area contributed by atoms with Crippen LogP contribution in [0.4, 0.5) is 0 Å². The summed E-state index contributed by atoms with van der Waals surface area (Å²) in [6.45, 7) is 3.59. The van der Waals surface area contributed by atoms with E-state index in [1.54, 1.807) is 11.8 Å². The monoisotopic (exact) mass is 266 g/mol. The summed E-state index contributed by atoms with van der Waals surface area (Å²) >= 11 is 0. The van der Waals surface area contributed by atoms with E-state index in [9.17, 15) is 9.59 Å². The van der Waals surface area contributed by atoms with Crippen LogP contribution in [-0.2, 0) is 20.9 Å². The zero-order valence-electron chi connectivity index (χ0n) is 11.0. The van der Waals surface area contributed by atoms with Crippen LogP contribution in [0.15, 0.2) is 12.7 Å². The van der Waals surface area contributed by atoms with E-state index >= 15 is 0 Å². The molecule has 104 valence electrons. The maximum absolute atomic E-state index is 12.0.